The van der Waals surface area contributed by atoms with Crippen LogP contribution in [0.5, 0.6) is 0 Å². The molecule has 1 atom stereocenters. The summed E-state index contributed by atoms with van der Waals surface area (Å²) < 4.78 is 0. The van der Waals surface area contributed by atoms with Crippen LogP contribution in [0.4, 0.5) is 0 Å². The first-order chi connectivity index (χ1) is 7.77. The molecule has 16 heavy (non-hydrogen) atoms. The minimum Gasteiger partial charge on any atom is -0.508 e. The Labute approximate surface area is 98.1 Å². The Kier molecular flexibility index (Phi) is 3.39. The maximum Gasteiger partial charge on any atom is 0.121 e. The van der Waals surface area contributed by atoms with Gasteiger partial charge in [-0.25, -0.2) is 0 Å². The average molecular weight is 232 g/mol. The maximum atomic E-state index is 9.82. The van der Waals surface area contributed by atoms with Crippen LogP contribution in [0.3, 0.4) is 0 Å². The van der Waals surface area contributed by atoms with Gasteiger partial charge in [-0.1, -0.05) is 36.4 Å². The number of aliphatic hydroxyl groups is 2. The van der Waals surface area contributed by atoms with Crippen LogP contribution in [0.2, 0.25) is 0 Å². The summed E-state index contributed by atoms with van der Waals surface area (Å²) in [6, 6.07) is 12.9. The number of benzene rings is 1. The molecule has 0 aliphatic carbocycles. The molecular weight excluding hydrogens is 220 g/mol. The molecule has 2 nitrogen and oxygen atoms in total. The van der Waals surface area contributed by atoms with Crippen molar-refractivity contribution < 1.29 is 10.2 Å². The number of thiophene rings is 1. The number of aliphatic hydroxyl groups excluding tert-OH is 2. The summed E-state index contributed by atoms with van der Waals surface area (Å²) in [5.41, 5.74) is 0.707. The molecule has 2 N–H and O–H groups in total. The van der Waals surface area contributed by atoms with Crippen LogP contribution < -0.4 is 0 Å². The molecule has 0 aliphatic heterocycles. The fourth-order valence-corrected chi connectivity index (χ4v) is 2.08. The molecule has 0 amide bonds. The maximum absolute atomic E-state index is 9.82. The minimum absolute atomic E-state index is 0.0986. The van der Waals surface area contributed by atoms with E-state index in [1.165, 1.54) is 17.4 Å². The lowest BCUT2D eigenvalue weighted by molar-refractivity contribution is 0.230. The lowest BCUT2D eigenvalue weighted by Gasteiger charge is -2.04. The van der Waals surface area contributed by atoms with Gasteiger partial charge in [-0.2, -0.15) is 0 Å². The SMILES string of the molecule is OC(=CC(O)c1cccs1)c1ccccc1. The van der Waals surface area contributed by atoms with Crippen LogP contribution >= 0.6 is 11.3 Å². The Morgan fingerprint density at radius 1 is 1.12 bits per heavy atom. The second kappa shape index (κ2) is 4.96. The molecular formula is C13H12O2S. The summed E-state index contributed by atoms with van der Waals surface area (Å²) in [7, 11) is 0. The Morgan fingerprint density at radius 3 is 2.50 bits per heavy atom. The van der Waals surface area contributed by atoms with Gasteiger partial charge in [0.15, 0.2) is 0 Å². The molecule has 0 aliphatic rings. The summed E-state index contributed by atoms with van der Waals surface area (Å²) in [4.78, 5) is 0.822. The lowest BCUT2D eigenvalue weighted by atomic mass is 10.1. The van der Waals surface area contributed by atoms with Crippen LogP contribution in [-0.4, -0.2) is 10.2 Å². The predicted molar refractivity (Wildman–Crippen MR) is 66.3 cm³/mol. The smallest absolute Gasteiger partial charge is 0.121 e. The van der Waals surface area contributed by atoms with Gasteiger partial charge < -0.3 is 10.2 Å². The summed E-state index contributed by atoms with van der Waals surface area (Å²) in [5.74, 6) is 0.0986. The Bertz CT molecular complexity index is 460. The zero-order valence-electron chi connectivity index (χ0n) is 8.58. The van der Waals surface area contributed by atoms with E-state index in [1.807, 2.05) is 35.7 Å². The normalized spacial score (nSPS) is 13.7. The molecule has 1 unspecified atom stereocenters. The molecule has 0 bridgehead atoms. The van der Waals surface area contributed by atoms with Crippen molar-refractivity contribution in [1.82, 2.24) is 0 Å². The van der Waals surface area contributed by atoms with E-state index in [0.29, 0.717) is 5.56 Å². The summed E-state index contributed by atoms with van der Waals surface area (Å²) in [6.07, 6.45) is 0.696. The van der Waals surface area contributed by atoms with Gasteiger partial charge in [0, 0.05) is 10.4 Å². The average Bonchev–Trinajstić information content (AvgIpc) is 2.83. The van der Waals surface area contributed by atoms with Crippen LogP contribution in [0.1, 0.15) is 16.5 Å². The molecule has 0 fully saturated rings. The third kappa shape index (κ3) is 2.51. The van der Waals surface area contributed by atoms with E-state index < -0.39 is 6.10 Å². The van der Waals surface area contributed by atoms with E-state index in [1.54, 1.807) is 12.1 Å². The molecule has 2 rings (SSSR count). The predicted octanol–water partition coefficient (Wildman–Crippen LogP) is 3.38. The third-order valence-electron chi connectivity index (χ3n) is 2.22. The Balaban J connectivity index is 2.19. The van der Waals surface area contributed by atoms with Gasteiger partial charge in [0.05, 0.1) is 0 Å². The van der Waals surface area contributed by atoms with Crippen molar-refractivity contribution >= 4 is 17.1 Å². The molecule has 0 radical (unpaired) electrons. The third-order valence-corrected chi connectivity index (χ3v) is 3.16. The van der Waals surface area contributed by atoms with Crippen molar-refractivity contribution in [2.45, 2.75) is 6.10 Å². The highest BCUT2D eigenvalue weighted by molar-refractivity contribution is 7.10. The van der Waals surface area contributed by atoms with Gasteiger partial charge in [0.25, 0.3) is 0 Å². The fraction of sp³-hybridized carbons (Fsp3) is 0.0769. The molecule has 2 aromatic rings. The van der Waals surface area contributed by atoms with Crippen LogP contribution in [-0.2, 0) is 0 Å². The van der Waals surface area contributed by atoms with Gasteiger partial charge in [-0.15, -0.1) is 11.3 Å². The van der Waals surface area contributed by atoms with Crippen molar-refractivity contribution in [1.29, 1.82) is 0 Å². The zero-order valence-corrected chi connectivity index (χ0v) is 9.39. The summed E-state index contributed by atoms with van der Waals surface area (Å²) >= 11 is 1.46. The van der Waals surface area contributed by atoms with Gasteiger partial charge >= 0.3 is 0 Å². The molecule has 82 valence electrons. The fourth-order valence-electron chi connectivity index (χ4n) is 1.40. The molecule has 1 aromatic carbocycles. The summed E-state index contributed by atoms with van der Waals surface area (Å²) in [6.45, 7) is 0. The second-order valence-electron chi connectivity index (χ2n) is 3.38. The molecule has 3 heteroatoms. The van der Waals surface area contributed by atoms with Gasteiger partial charge in [0.2, 0.25) is 0 Å². The molecule has 0 spiro atoms. The lowest BCUT2D eigenvalue weighted by Crippen LogP contribution is -1.92. The van der Waals surface area contributed by atoms with Crippen molar-refractivity contribution in [2.24, 2.45) is 0 Å². The Morgan fingerprint density at radius 2 is 1.88 bits per heavy atom. The molecule has 0 saturated heterocycles. The first-order valence-electron chi connectivity index (χ1n) is 4.95. The quantitative estimate of drug-likeness (QED) is 0.796. The van der Waals surface area contributed by atoms with Crippen molar-refractivity contribution in [3.63, 3.8) is 0 Å². The summed E-state index contributed by atoms with van der Waals surface area (Å²) in [5, 5.41) is 21.5. The van der Waals surface area contributed by atoms with E-state index in [-0.39, 0.29) is 5.76 Å². The van der Waals surface area contributed by atoms with Gasteiger partial charge in [0.1, 0.15) is 11.9 Å². The minimum atomic E-state index is -0.750. The first kappa shape index (κ1) is 10.9. The van der Waals surface area contributed by atoms with Gasteiger partial charge in [-0.3, -0.25) is 0 Å². The van der Waals surface area contributed by atoms with E-state index in [0.717, 1.165) is 4.88 Å². The highest BCUT2D eigenvalue weighted by atomic mass is 32.1. The van der Waals surface area contributed by atoms with Crippen LogP contribution in [0.15, 0.2) is 53.9 Å². The topological polar surface area (TPSA) is 40.5 Å². The van der Waals surface area contributed by atoms with Crippen LogP contribution in [0, 0.1) is 0 Å². The van der Waals surface area contributed by atoms with Crippen molar-refractivity contribution in [2.75, 3.05) is 0 Å². The number of hydrogen-bond acceptors (Lipinski definition) is 3. The highest BCUT2D eigenvalue weighted by Gasteiger charge is 2.07. The standard InChI is InChI=1S/C13H12O2S/c14-11(10-5-2-1-3-6-10)9-12(15)13-7-4-8-16-13/h1-9,12,14-15H. The van der Waals surface area contributed by atoms with Crippen molar-refractivity contribution in [3.05, 3.63) is 64.4 Å². The van der Waals surface area contributed by atoms with E-state index >= 15 is 0 Å². The van der Waals surface area contributed by atoms with E-state index in [9.17, 15) is 10.2 Å². The largest absolute Gasteiger partial charge is 0.508 e. The number of rotatable bonds is 3. The highest BCUT2D eigenvalue weighted by Crippen LogP contribution is 2.23. The molecule has 1 aromatic heterocycles. The molecule has 0 saturated carbocycles. The van der Waals surface area contributed by atoms with Gasteiger partial charge in [-0.05, 0) is 17.5 Å². The zero-order chi connectivity index (χ0) is 11.4. The first-order valence-corrected chi connectivity index (χ1v) is 5.83. The van der Waals surface area contributed by atoms with E-state index in [4.69, 9.17) is 0 Å². The second-order valence-corrected chi connectivity index (χ2v) is 4.36. The Hall–Kier alpha value is -1.58. The van der Waals surface area contributed by atoms with E-state index in [2.05, 4.69) is 0 Å². The van der Waals surface area contributed by atoms with Crippen LogP contribution in [0.25, 0.3) is 5.76 Å². The van der Waals surface area contributed by atoms with Crippen molar-refractivity contribution in [3.8, 4) is 0 Å². The number of hydrogen-bond donors (Lipinski definition) is 2. The monoisotopic (exact) mass is 232 g/mol. The molecule has 1 heterocycles.